The average molecular weight is 396 g/mol. The van der Waals surface area contributed by atoms with Crippen molar-refractivity contribution < 1.29 is 0 Å². The molecule has 136 valence electrons. The second kappa shape index (κ2) is 7.64. The van der Waals surface area contributed by atoms with Gasteiger partial charge in [0.05, 0.1) is 12.1 Å². The number of thiophene rings is 1. The van der Waals surface area contributed by atoms with E-state index in [-0.39, 0.29) is 11.6 Å². The molecule has 4 nitrogen and oxygen atoms in total. The van der Waals surface area contributed by atoms with Gasteiger partial charge in [0.2, 0.25) is 0 Å². The molecule has 0 aliphatic heterocycles. The van der Waals surface area contributed by atoms with Crippen LogP contribution in [0.4, 0.5) is 0 Å². The molecule has 0 bridgehead atoms. The molecule has 0 amide bonds. The fourth-order valence-electron chi connectivity index (χ4n) is 2.94. The Kier molecular flexibility index (Phi) is 5.07. The molecule has 0 unspecified atom stereocenters. The molecule has 0 saturated carbocycles. The van der Waals surface area contributed by atoms with Crippen LogP contribution >= 0.6 is 22.9 Å². The highest BCUT2D eigenvalue weighted by molar-refractivity contribution is 7.22. The van der Waals surface area contributed by atoms with Crippen LogP contribution in [0, 0.1) is 0 Å². The van der Waals surface area contributed by atoms with Gasteiger partial charge in [0.15, 0.2) is 0 Å². The first-order valence-electron chi connectivity index (χ1n) is 8.67. The Bertz CT molecular complexity index is 1120. The zero-order chi connectivity index (χ0) is 18.8. The summed E-state index contributed by atoms with van der Waals surface area (Å²) in [5, 5.41) is 4.10. The highest BCUT2D eigenvalue weighted by atomic mass is 35.5. The monoisotopic (exact) mass is 395 g/mol. The van der Waals surface area contributed by atoms with E-state index in [1.807, 2.05) is 48.5 Å². The van der Waals surface area contributed by atoms with Gasteiger partial charge in [-0.3, -0.25) is 4.79 Å². The number of halogens is 1. The van der Waals surface area contributed by atoms with E-state index in [0.29, 0.717) is 22.1 Å². The van der Waals surface area contributed by atoms with Gasteiger partial charge in [-0.1, -0.05) is 54.1 Å². The number of rotatable bonds is 5. The molecule has 2 aromatic carbocycles. The van der Waals surface area contributed by atoms with Crippen LogP contribution in [0.1, 0.15) is 24.4 Å². The van der Waals surface area contributed by atoms with Crippen LogP contribution in [-0.4, -0.2) is 9.97 Å². The lowest BCUT2D eigenvalue weighted by molar-refractivity contribution is 0.559. The van der Waals surface area contributed by atoms with Gasteiger partial charge in [-0.15, -0.1) is 11.3 Å². The van der Waals surface area contributed by atoms with E-state index < -0.39 is 0 Å². The first kappa shape index (κ1) is 17.9. The number of nitrogens with zero attached hydrogens (tertiary/aromatic N) is 1. The molecule has 0 aliphatic carbocycles. The van der Waals surface area contributed by atoms with Crippen molar-refractivity contribution in [2.24, 2.45) is 0 Å². The second-order valence-corrected chi connectivity index (χ2v) is 7.85. The summed E-state index contributed by atoms with van der Waals surface area (Å²) in [7, 11) is 0. The molecule has 2 N–H and O–H groups in total. The van der Waals surface area contributed by atoms with E-state index in [9.17, 15) is 4.79 Å². The fraction of sp³-hybridized carbons (Fsp3) is 0.143. The molecule has 6 heteroatoms. The molecule has 0 radical (unpaired) electrons. The van der Waals surface area contributed by atoms with E-state index in [1.165, 1.54) is 16.9 Å². The van der Waals surface area contributed by atoms with Crippen molar-refractivity contribution in [3.05, 3.63) is 87.4 Å². The summed E-state index contributed by atoms with van der Waals surface area (Å²) >= 11 is 7.40. The molecule has 4 rings (SSSR count). The van der Waals surface area contributed by atoms with Gasteiger partial charge in [0, 0.05) is 15.9 Å². The maximum atomic E-state index is 12.5. The van der Waals surface area contributed by atoms with Crippen molar-refractivity contribution in [2.75, 3.05) is 0 Å². The Morgan fingerprint density at radius 1 is 1.15 bits per heavy atom. The molecule has 4 aromatic rings. The van der Waals surface area contributed by atoms with Crippen molar-refractivity contribution in [2.45, 2.75) is 19.5 Å². The number of benzene rings is 2. The van der Waals surface area contributed by atoms with Crippen molar-refractivity contribution in [1.82, 2.24) is 15.3 Å². The molecule has 2 aromatic heterocycles. The number of hydrogen-bond acceptors (Lipinski definition) is 4. The fourth-order valence-corrected chi connectivity index (χ4v) is 4.06. The zero-order valence-electron chi connectivity index (χ0n) is 14.7. The first-order valence-corrected chi connectivity index (χ1v) is 9.86. The van der Waals surface area contributed by atoms with Crippen LogP contribution in [0.15, 0.2) is 65.5 Å². The highest BCUT2D eigenvalue weighted by Crippen LogP contribution is 2.31. The highest BCUT2D eigenvalue weighted by Gasteiger charge is 2.11. The van der Waals surface area contributed by atoms with Crippen molar-refractivity contribution in [3.63, 3.8) is 0 Å². The summed E-state index contributed by atoms with van der Waals surface area (Å²) in [5.74, 6) is 0.635. The first-order chi connectivity index (χ1) is 13.1. The third-order valence-corrected chi connectivity index (χ3v) is 5.86. The van der Waals surface area contributed by atoms with E-state index in [2.05, 4.69) is 34.3 Å². The second-order valence-electron chi connectivity index (χ2n) is 6.36. The SMILES string of the molecule is C[C@H](NCc1nc2cc(-c3ccc(Cl)cc3)sc2c(=O)[nH]1)c1ccccc1. The quantitative estimate of drug-likeness (QED) is 0.491. The van der Waals surface area contributed by atoms with Crippen LogP contribution in [0.25, 0.3) is 20.7 Å². The van der Waals surface area contributed by atoms with Crippen LogP contribution in [0.2, 0.25) is 5.02 Å². The number of nitrogens with one attached hydrogen (secondary N) is 2. The molecule has 1 atom stereocenters. The number of aromatic amines is 1. The Morgan fingerprint density at radius 3 is 2.63 bits per heavy atom. The Balaban J connectivity index is 1.58. The minimum atomic E-state index is -0.102. The van der Waals surface area contributed by atoms with Crippen LogP contribution in [0.3, 0.4) is 0 Å². The minimum Gasteiger partial charge on any atom is -0.308 e. The Labute approximate surface area is 165 Å². The third kappa shape index (κ3) is 3.95. The van der Waals surface area contributed by atoms with Gasteiger partial charge >= 0.3 is 0 Å². The molecule has 2 heterocycles. The summed E-state index contributed by atoms with van der Waals surface area (Å²) in [5.41, 5.74) is 2.84. The molecular weight excluding hydrogens is 378 g/mol. The van der Waals surface area contributed by atoms with Crippen molar-refractivity contribution >= 4 is 33.2 Å². The van der Waals surface area contributed by atoms with Crippen molar-refractivity contribution in [1.29, 1.82) is 0 Å². The molecule has 0 fully saturated rings. The van der Waals surface area contributed by atoms with Gasteiger partial charge in [-0.25, -0.2) is 4.98 Å². The van der Waals surface area contributed by atoms with Crippen molar-refractivity contribution in [3.8, 4) is 10.4 Å². The standard InChI is InChI=1S/C21H18ClN3OS/c1-13(14-5-3-2-4-6-14)23-12-19-24-17-11-18(27-20(17)21(26)25-19)15-7-9-16(22)10-8-15/h2-11,13,23H,12H2,1H3,(H,24,25,26)/t13-/m0/s1. The predicted octanol–water partition coefficient (Wildman–Crippen LogP) is 5.16. The lowest BCUT2D eigenvalue weighted by Gasteiger charge is -2.13. The number of H-pyrrole nitrogens is 1. The lowest BCUT2D eigenvalue weighted by Crippen LogP contribution is -2.21. The summed E-state index contributed by atoms with van der Waals surface area (Å²) in [6.45, 7) is 2.59. The molecule has 0 spiro atoms. The van der Waals surface area contributed by atoms with E-state index in [4.69, 9.17) is 11.6 Å². The Morgan fingerprint density at radius 2 is 1.89 bits per heavy atom. The van der Waals surface area contributed by atoms with Gasteiger partial charge in [0.1, 0.15) is 10.5 Å². The van der Waals surface area contributed by atoms with Gasteiger partial charge in [-0.2, -0.15) is 0 Å². The number of aromatic nitrogens is 2. The summed E-state index contributed by atoms with van der Waals surface area (Å²) in [6, 6.07) is 19.9. The summed E-state index contributed by atoms with van der Waals surface area (Å²) < 4.78 is 0.639. The van der Waals surface area contributed by atoms with E-state index in [0.717, 1.165) is 16.0 Å². The predicted molar refractivity (Wildman–Crippen MR) is 112 cm³/mol. The maximum absolute atomic E-state index is 12.5. The van der Waals surface area contributed by atoms with Crippen LogP contribution in [-0.2, 0) is 6.54 Å². The van der Waals surface area contributed by atoms with E-state index >= 15 is 0 Å². The normalized spacial score (nSPS) is 12.4. The smallest absolute Gasteiger partial charge is 0.268 e. The van der Waals surface area contributed by atoms with E-state index in [1.54, 1.807) is 0 Å². The van der Waals surface area contributed by atoms with Gasteiger partial charge < -0.3 is 10.3 Å². The molecule has 0 aliphatic rings. The Hall–Kier alpha value is -2.47. The largest absolute Gasteiger partial charge is 0.308 e. The summed E-state index contributed by atoms with van der Waals surface area (Å²) in [4.78, 5) is 21.0. The molecule has 27 heavy (non-hydrogen) atoms. The topological polar surface area (TPSA) is 57.8 Å². The van der Waals surface area contributed by atoms with Crippen LogP contribution in [0.5, 0.6) is 0 Å². The maximum Gasteiger partial charge on any atom is 0.268 e. The third-order valence-electron chi connectivity index (χ3n) is 4.44. The van der Waals surface area contributed by atoms with Crippen LogP contribution < -0.4 is 10.9 Å². The minimum absolute atomic E-state index is 0.102. The zero-order valence-corrected chi connectivity index (χ0v) is 16.3. The molecular formula is C21H18ClN3OS. The molecule has 0 saturated heterocycles. The number of fused-ring (bicyclic) bond motifs is 1. The van der Waals surface area contributed by atoms with Gasteiger partial charge in [-0.05, 0) is 36.2 Å². The number of hydrogen-bond donors (Lipinski definition) is 2. The average Bonchev–Trinajstić information content (AvgIpc) is 3.12. The lowest BCUT2D eigenvalue weighted by atomic mass is 10.1. The van der Waals surface area contributed by atoms with Gasteiger partial charge in [0.25, 0.3) is 5.56 Å². The summed E-state index contributed by atoms with van der Waals surface area (Å²) in [6.07, 6.45) is 0.